The predicted octanol–water partition coefficient (Wildman–Crippen LogP) is 2.26. The first kappa shape index (κ1) is 15.7. The van der Waals surface area contributed by atoms with E-state index in [0.29, 0.717) is 0 Å². The molecule has 0 radical (unpaired) electrons. The Labute approximate surface area is 118 Å². The molecular weight excluding hydrogens is 298 g/mol. The van der Waals surface area contributed by atoms with Gasteiger partial charge in [0.2, 0.25) is 5.91 Å². The van der Waals surface area contributed by atoms with Crippen molar-refractivity contribution in [3.05, 3.63) is 28.0 Å². The molecule has 0 spiro atoms. The van der Waals surface area contributed by atoms with Crippen LogP contribution in [-0.2, 0) is 9.59 Å². The van der Waals surface area contributed by atoms with Crippen LogP contribution in [0, 0.1) is 5.82 Å². The van der Waals surface area contributed by atoms with E-state index in [2.05, 4.69) is 5.32 Å². The summed E-state index contributed by atoms with van der Waals surface area (Å²) >= 11 is 11.5. The second-order valence-electron chi connectivity index (χ2n) is 3.77. The van der Waals surface area contributed by atoms with E-state index in [4.69, 9.17) is 34.0 Å². The quantitative estimate of drug-likeness (QED) is 0.778. The van der Waals surface area contributed by atoms with Crippen molar-refractivity contribution in [1.82, 2.24) is 0 Å². The molecule has 0 saturated carbocycles. The van der Waals surface area contributed by atoms with E-state index in [1.807, 2.05) is 0 Å². The van der Waals surface area contributed by atoms with Gasteiger partial charge in [0.1, 0.15) is 5.82 Å². The maximum absolute atomic E-state index is 12.9. The Morgan fingerprint density at radius 2 is 1.89 bits per heavy atom. The van der Waals surface area contributed by atoms with Crippen LogP contribution >= 0.6 is 23.2 Å². The summed E-state index contributed by atoms with van der Waals surface area (Å²) in [5.74, 6) is -2.33. The molecule has 8 heteroatoms. The highest BCUT2D eigenvalue weighted by Crippen LogP contribution is 2.31. The molecule has 19 heavy (non-hydrogen) atoms. The van der Waals surface area contributed by atoms with E-state index in [9.17, 15) is 14.0 Å². The van der Waals surface area contributed by atoms with Crippen molar-refractivity contribution in [3.8, 4) is 0 Å². The van der Waals surface area contributed by atoms with Crippen LogP contribution in [0.3, 0.4) is 0 Å². The number of carbonyl (C=O) groups excluding carboxylic acids is 1. The fraction of sp³-hybridized carbons (Fsp3) is 0.273. The maximum Gasteiger partial charge on any atom is 0.303 e. The molecule has 1 amide bonds. The van der Waals surface area contributed by atoms with Crippen LogP contribution in [0.5, 0.6) is 0 Å². The Hall–Kier alpha value is -1.37. The van der Waals surface area contributed by atoms with Crippen LogP contribution in [0.25, 0.3) is 0 Å². The first-order chi connectivity index (χ1) is 8.81. The molecule has 1 atom stereocenters. The number of aliphatic carboxylic acids is 1. The molecule has 0 aliphatic heterocycles. The topological polar surface area (TPSA) is 92.4 Å². The number of carbonyl (C=O) groups is 2. The summed E-state index contributed by atoms with van der Waals surface area (Å²) in [6.07, 6.45) is -0.267. The highest BCUT2D eigenvalue weighted by Gasteiger charge is 2.18. The Morgan fingerprint density at radius 3 is 2.37 bits per heavy atom. The normalized spacial score (nSPS) is 12.0. The summed E-state index contributed by atoms with van der Waals surface area (Å²) in [5.41, 5.74) is 5.55. The minimum Gasteiger partial charge on any atom is -0.481 e. The molecule has 104 valence electrons. The number of hydrogen-bond acceptors (Lipinski definition) is 3. The molecule has 0 heterocycles. The van der Waals surface area contributed by atoms with E-state index < -0.39 is 23.7 Å². The van der Waals surface area contributed by atoms with Gasteiger partial charge in [0, 0.05) is 6.42 Å². The van der Waals surface area contributed by atoms with E-state index in [0.717, 1.165) is 12.1 Å². The maximum atomic E-state index is 12.9. The van der Waals surface area contributed by atoms with E-state index in [1.165, 1.54) is 0 Å². The molecule has 5 nitrogen and oxygen atoms in total. The van der Waals surface area contributed by atoms with Crippen molar-refractivity contribution in [2.24, 2.45) is 5.73 Å². The average molecular weight is 309 g/mol. The molecule has 0 fully saturated rings. The summed E-state index contributed by atoms with van der Waals surface area (Å²) in [4.78, 5) is 22.0. The Balaban J connectivity index is 2.74. The van der Waals surface area contributed by atoms with Gasteiger partial charge in [-0.1, -0.05) is 23.2 Å². The number of carboxylic acids is 1. The summed E-state index contributed by atoms with van der Waals surface area (Å²) in [7, 11) is 0. The zero-order valence-electron chi connectivity index (χ0n) is 9.62. The summed E-state index contributed by atoms with van der Waals surface area (Å²) in [6, 6.07) is 0.964. The standard InChI is InChI=1S/C11H11Cl2FN2O3/c12-6-3-5(14)4-7(13)10(6)16-11(19)8(15)1-2-9(17)18/h3-4,8H,1-2,15H2,(H,16,19)(H,17,18). The minimum atomic E-state index is -1.05. The number of halogens is 3. The molecule has 0 bridgehead atoms. The van der Waals surface area contributed by atoms with Crippen molar-refractivity contribution < 1.29 is 19.1 Å². The van der Waals surface area contributed by atoms with Crippen LogP contribution in [0.15, 0.2) is 12.1 Å². The van der Waals surface area contributed by atoms with E-state index in [-0.39, 0.29) is 28.6 Å². The van der Waals surface area contributed by atoms with Gasteiger partial charge in [-0.25, -0.2) is 4.39 Å². The molecule has 0 saturated heterocycles. The van der Waals surface area contributed by atoms with Crippen LogP contribution in [0.1, 0.15) is 12.8 Å². The van der Waals surface area contributed by atoms with Crippen LogP contribution in [-0.4, -0.2) is 23.0 Å². The summed E-state index contributed by atoms with van der Waals surface area (Å²) in [5, 5.41) is 10.7. The molecular formula is C11H11Cl2FN2O3. The first-order valence-electron chi connectivity index (χ1n) is 5.24. The lowest BCUT2D eigenvalue weighted by Crippen LogP contribution is -2.36. The SMILES string of the molecule is NC(CCC(=O)O)C(=O)Nc1c(Cl)cc(F)cc1Cl. The number of anilines is 1. The predicted molar refractivity (Wildman–Crippen MR) is 69.9 cm³/mol. The molecule has 1 unspecified atom stereocenters. The molecule has 1 aromatic rings. The second kappa shape index (κ2) is 6.70. The molecule has 0 aromatic heterocycles. The van der Waals surface area contributed by atoms with Crippen molar-refractivity contribution in [3.63, 3.8) is 0 Å². The van der Waals surface area contributed by atoms with Gasteiger partial charge in [0.15, 0.2) is 0 Å². The molecule has 0 aliphatic carbocycles. The number of nitrogens with one attached hydrogen (secondary N) is 1. The van der Waals surface area contributed by atoms with E-state index in [1.54, 1.807) is 0 Å². The van der Waals surface area contributed by atoms with Crippen molar-refractivity contribution in [2.75, 3.05) is 5.32 Å². The highest BCUT2D eigenvalue weighted by molar-refractivity contribution is 6.39. The van der Waals surface area contributed by atoms with Crippen LogP contribution in [0.4, 0.5) is 10.1 Å². The summed E-state index contributed by atoms with van der Waals surface area (Å²) < 4.78 is 12.9. The number of rotatable bonds is 5. The fourth-order valence-corrected chi connectivity index (χ4v) is 1.84. The minimum absolute atomic E-state index is 0.0302. The Morgan fingerprint density at radius 1 is 1.37 bits per heavy atom. The van der Waals surface area contributed by atoms with Gasteiger partial charge < -0.3 is 16.2 Å². The van der Waals surface area contributed by atoms with Gasteiger partial charge in [-0.15, -0.1) is 0 Å². The van der Waals surface area contributed by atoms with Gasteiger partial charge in [0.25, 0.3) is 0 Å². The lowest BCUT2D eigenvalue weighted by Gasteiger charge is -2.13. The van der Waals surface area contributed by atoms with E-state index >= 15 is 0 Å². The zero-order valence-corrected chi connectivity index (χ0v) is 11.1. The van der Waals surface area contributed by atoms with Gasteiger partial charge in [-0.2, -0.15) is 0 Å². The monoisotopic (exact) mass is 308 g/mol. The lowest BCUT2D eigenvalue weighted by molar-refractivity contribution is -0.137. The van der Waals surface area contributed by atoms with Gasteiger partial charge in [-0.05, 0) is 18.6 Å². The Bertz CT molecular complexity index is 488. The Kier molecular flexibility index (Phi) is 5.53. The van der Waals surface area contributed by atoms with Gasteiger partial charge in [-0.3, -0.25) is 9.59 Å². The number of amides is 1. The number of carboxylic acid groups (broad SMARTS) is 1. The van der Waals surface area contributed by atoms with Gasteiger partial charge in [0.05, 0.1) is 21.8 Å². The molecule has 0 aliphatic rings. The largest absolute Gasteiger partial charge is 0.481 e. The van der Waals surface area contributed by atoms with Crippen molar-refractivity contribution in [1.29, 1.82) is 0 Å². The first-order valence-corrected chi connectivity index (χ1v) is 5.99. The number of hydrogen-bond donors (Lipinski definition) is 3. The second-order valence-corrected chi connectivity index (χ2v) is 4.59. The smallest absolute Gasteiger partial charge is 0.303 e. The van der Waals surface area contributed by atoms with Crippen molar-refractivity contribution in [2.45, 2.75) is 18.9 Å². The zero-order chi connectivity index (χ0) is 14.6. The van der Waals surface area contributed by atoms with Crippen LogP contribution in [0.2, 0.25) is 10.0 Å². The molecule has 4 N–H and O–H groups in total. The number of benzene rings is 1. The van der Waals surface area contributed by atoms with Crippen molar-refractivity contribution >= 4 is 40.8 Å². The van der Waals surface area contributed by atoms with Crippen LogP contribution < -0.4 is 11.1 Å². The lowest BCUT2D eigenvalue weighted by atomic mass is 10.1. The molecule has 1 aromatic carbocycles. The fourth-order valence-electron chi connectivity index (χ4n) is 1.29. The number of nitrogens with two attached hydrogens (primary N) is 1. The average Bonchev–Trinajstić information content (AvgIpc) is 2.30. The third kappa shape index (κ3) is 4.66. The third-order valence-electron chi connectivity index (χ3n) is 2.26. The summed E-state index contributed by atoms with van der Waals surface area (Å²) in [6.45, 7) is 0. The molecule has 1 rings (SSSR count). The van der Waals surface area contributed by atoms with Gasteiger partial charge >= 0.3 is 5.97 Å². The third-order valence-corrected chi connectivity index (χ3v) is 2.86. The highest BCUT2D eigenvalue weighted by atomic mass is 35.5.